The van der Waals surface area contributed by atoms with Gasteiger partial charge in [0.1, 0.15) is 5.01 Å². The summed E-state index contributed by atoms with van der Waals surface area (Å²) in [6, 6.07) is 0. The third kappa shape index (κ3) is 3.67. The third-order valence-electron chi connectivity index (χ3n) is 2.19. The maximum atomic E-state index is 12.2. The summed E-state index contributed by atoms with van der Waals surface area (Å²) in [5.74, 6) is -0.774. The molecule has 1 aromatic rings. The van der Waals surface area contributed by atoms with Gasteiger partial charge in [-0.25, -0.2) is 9.78 Å². The zero-order valence-electron chi connectivity index (χ0n) is 9.87. The van der Waals surface area contributed by atoms with Gasteiger partial charge < -0.3 is 4.74 Å². The minimum atomic E-state index is -4.41. The Kier molecular flexibility index (Phi) is 4.69. The van der Waals surface area contributed by atoms with E-state index in [1.54, 1.807) is 12.3 Å². The highest BCUT2D eigenvalue weighted by molar-refractivity contribution is 7.09. The molecule has 0 aliphatic carbocycles. The molecule has 0 spiro atoms. The number of carbonyl (C=O) groups excluding carboxylic acids is 1. The first-order chi connectivity index (χ1) is 8.29. The lowest BCUT2D eigenvalue weighted by molar-refractivity contribution is -0.155. The molecule has 0 bridgehead atoms. The van der Waals surface area contributed by atoms with Gasteiger partial charge in [-0.3, -0.25) is 5.32 Å². The Morgan fingerprint density at radius 1 is 1.56 bits per heavy atom. The van der Waals surface area contributed by atoms with Gasteiger partial charge in [-0.1, -0.05) is 0 Å². The topological polar surface area (TPSA) is 51.2 Å². The summed E-state index contributed by atoms with van der Waals surface area (Å²) in [7, 11) is 0. The first-order valence-electron chi connectivity index (χ1n) is 5.18. The molecule has 0 saturated heterocycles. The Morgan fingerprint density at radius 3 is 2.67 bits per heavy atom. The van der Waals surface area contributed by atoms with Gasteiger partial charge in [-0.15, -0.1) is 11.3 Å². The molecule has 8 heteroatoms. The second kappa shape index (κ2) is 5.66. The lowest BCUT2D eigenvalue weighted by Gasteiger charge is -2.26. The molecule has 0 radical (unpaired) electrons. The number of halogens is 3. The number of carbonyl (C=O) groups is 1. The van der Waals surface area contributed by atoms with Crippen LogP contribution in [0.2, 0.25) is 0 Å². The van der Waals surface area contributed by atoms with Gasteiger partial charge >= 0.3 is 12.1 Å². The molecule has 0 amide bonds. The summed E-state index contributed by atoms with van der Waals surface area (Å²) < 4.78 is 41.5. The van der Waals surface area contributed by atoms with Gasteiger partial charge in [0.25, 0.3) is 0 Å². The molecule has 18 heavy (non-hydrogen) atoms. The quantitative estimate of drug-likeness (QED) is 0.840. The minimum Gasteiger partial charge on any atom is -0.464 e. The molecule has 102 valence electrons. The number of ether oxygens (including phenoxy) is 1. The number of thiazole rings is 1. The van der Waals surface area contributed by atoms with Gasteiger partial charge in [-0.05, 0) is 13.8 Å². The first-order valence-corrected chi connectivity index (χ1v) is 6.06. The van der Waals surface area contributed by atoms with E-state index in [0.717, 1.165) is 11.3 Å². The molecule has 1 N–H and O–H groups in total. The Balaban J connectivity index is 2.91. The molecule has 0 aromatic carbocycles. The molecule has 0 aliphatic heterocycles. The number of nitrogens with zero attached hydrogens (tertiary/aromatic N) is 1. The van der Waals surface area contributed by atoms with Crippen LogP contribution in [0.4, 0.5) is 13.2 Å². The number of esters is 1. The second-order valence-corrected chi connectivity index (χ2v) is 4.55. The van der Waals surface area contributed by atoms with Crippen LogP contribution >= 0.6 is 11.3 Å². The van der Waals surface area contributed by atoms with Gasteiger partial charge in [0.15, 0.2) is 5.54 Å². The maximum absolute atomic E-state index is 12.2. The summed E-state index contributed by atoms with van der Waals surface area (Å²) in [6.45, 7) is 1.72. The van der Waals surface area contributed by atoms with Crippen molar-refractivity contribution in [2.45, 2.75) is 25.6 Å². The highest BCUT2D eigenvalue weighted by Crippen LogP contribution is 2.26. The van der Waals surface area contributed by atoms with E-state index in [1.165, 1.54) is 13.1 Å². The average molecular weight is 282 g/mol. The Labute approximate surface area is 106 Å². The van der Waals surface area contributed by atoms with E-state index in [2.05, 4.69) is 10.3 Å². The van der Waals surface area contributed by atoms with Crippen molar-refractivity contribution in [3.63, 3.8) is 0 Å². The second-order valence-electron chi connectivity index (χ2n) is 3.65. The van der Waals surface area contributed by atoms with E-state index in [-0.39, 0.29) is 11.6 Å². The van der Waals surface area contributed by atoms with Crippen LogP contribution in [-0.4, -0.2) is 30.3 Å². The van der Waals surface area contributed by atoms with Gasteiger partial charge in [0.2, 0.25) is 0 Å². The van der Waals surface area contributed by atoms with Gasteiger partial charge in [0, 0.05) is 11.6 Å². The van der Waals surface area contributed by atoms with Crippen molar-refractivity contribution >= 4 is 17.3 Å². The van der Waals surface area contributed by atoms with Crippen LogP contribution in [0.5, 0.6) is 0 Å². The summed E-state index contributed by atoms with van der Waals surface area (Å²) in [4.78, 5) is 15.7. The summed E-state index contributed by atoms with van der Waals surface area (Å²) in [5.41, 5.74) is -1.58. The van der Waals surface area contributed by atoms with E-state index in [1.807, 2.05) is 0 Å². The van der Waals surface area contributed by atoms with Crippen LogP contribution in [0.3, 0.4) is 0 Å². The van der Waals surface area contributed by atoms with Crippen LogP contribution in [0, 0.1) is 0 Å². The largest absolute Gasteiger partial charge is 0.464 e. The standard InChI is InChI=1S/C10H13F3N2O2S/c1-3-17-8(16)9(2,7-14-4-5-18-7)15-6-10(11,12)13/h4-5,15H,3,6H2,1-2H3. The normalized spacial score (nSPS) is 15.2. The van der Waals surface area contributed by atoms with Crippen molar-refractivity contribution in [2.24, 2.45) is 0 Å². The van der Waals surface area contributed by atoms with Crippen LogP contribution < -0.4 is 5.32 Å². The fourth-order valence-corrected chi connectivity index (χ4v) is 2.02. The molecule has 1 atom stereocenters. The number of hydrogen-bond donors (Lipinski definition) is 1. The number of hydrogen-bond acceptors (Lipinski definition) is 5. The van der Waals surface area contributed by atoms with Crippen molar-refractivity contribution < 1.29 is 22.7 Å². The fourth-order valence-electron chi connectivity index (χ4n) is 1.26. The molecular formula is C10H13F3N2O2S. The number of alkyl halides is 3. The molecule has 1 heterocycles. The van der Waals surface area contributed by atoms with Crippen molar-refractivity contribution in [3.8, 4) is 0 Å². The molecule has 1 rings (SSSR count). The zero-order valence-corrected chi connectivity index (χ0v) is 10.7. The fraction of sp³-hybridized carbons (Fsp3) is 0.600. The lowest BCUT2D eigenvalue weighted by Crippen LogP contribution is -2.50. The average Bonchev–Trinajstić information content (AvgIpc) is 2.79. The Hall–Kier alpha value is -1.15. The maximum Gasteiger partial charge on any atom is 0.401 e. The summed E-state index contributed by atoms with van der Waals surface area (Å²) in [5, 5.41) is 4.00. The van der Waals surface area contributed by atoms with E-state index < -0.39 is 24.2 Å². The van der Waals surface area contributed by atoms with E-state index in [9.17, 15) is 18.0 Å². The summed E-state index contributed by atoms with van der Waals surface area (Å²) in [6.07, 6.45) is -2.99. The van der Waals surface area contributed by atoms with Gasteiger partial charge in [-0.2, -0.15) is 13.2 Å². The highest BCUT2D eigenvalue weighted by Gasteiger charge is 2.42. The minimum absolute atomic E-state index is 0.0908. The Bertz CT molecular complexity index is 394. The monoisotopic (exact) mass is 282 g/mol. The van der Waals surface area contributed by atoms with Gasteiger partial charge in [0.05, 0.1) is 13.2 Å². The van der Waals surface area contributed by atoms with Crippen molar-refractivity contribution in [1.29, 1.82) is 0 Å². The van der Waals surface area contributed by atoms with Crippen LogP contribution in [-0.2, 0) is 15.1 Å². The third-order valence-corrected chi connectivity index (χ3v) is 3.18. The zero-order chi connectivity index (χ0) is 13.8. The first kappa shape index (κ1) is 14.9. The molecular weight excluding hydrogens is 269 g/mol. The van der Waals surface area contributed by atoms with E-state index in [0.29, 0.717) is 0 Å². The van der Waals surface area contributed by atoms with E-state index >= 15 is 0 Å². The molecule has 1 unspecified atom stereocenters. The van der Waals surface area contributed by atoms with E-state index in [4.69, 9.17) is 4.74 Å². The highest BCUT2D eigenvalue weighted by atomic mass is 32.1. The lowest BCUT2D eigenvalue weighted by atomic mass is 10.0. The van der Waals surface area contributed by atoms with Crippen molar-refractivity contribution in [2.75, 3.05) is 13.2 Å². The molecule has 0 saturated carbocycles. The number of rotatable bonds is 5. The molecule has 0 fully saturated rings. The summed E-state index contributed by atoms with van der Waals surface area (Å²) >= 11 is 1.09. The molecule has 0 aliphatic rings. The smallest absolute Gasteiger partial charge is 0.401 e. The predicted molar refractivity (Wildman–Crippen MR) is 60.2 cm³/mol. The number of aromatic nitrogens is 1. The van der Waals surface area contributed by atoms with Crippen molar-refractivity contribution in [1.82, 2.24) is 10.3 Å². The SMILES string of the molecule is CCOC(=O)C(C)(NCC(F)(F)F)c1nccs1. The van der Waals surface area contributed by atoms with Crippen molar-refractivity contribution in [3.05, 3.63) is 16.6 Å². The molecule has 1 aromatic heterocycles. The molecule has 4 nitrogen and oxygen atoms in total. The van der Waals surface area contributed by atoms with Crippen LogP contribution in [0.1, 0.15) is 18.9 Å². The van der Waals surface area contributed by atoms with Crippen LogP contribution in [0.25, 0.3) is 0 Å². The number of nitrogens with one attached hydrogen (secondary N) is 1. The Morgan fingerprint density at radius 2 is 2.22 bits per heavy atom. The van der Waals surface area contributed by atoms with Crippen LogP contribution in [0.15, 0.2) is 11.6 Å². The predicted octanol–water partition coefficient (Wildman–Crippen LogP) is 2.07.